The Bertz CT molecular complexity index is 1110. The fourth-order valence-electron chi connectivity index (χ4n) is 3.78. The van der Waals surface area contributed by atoms with Gasteiger partial charge in [0.15, 0.2) is 17.2 Å². The predicted octanol–water partition coefficient (Wildman–Crippen LogP) is 3.64. The molecule has 28 heavy (non-hydrogen) atoms. The van der Waals surface area contributed by atoms with Gasteiger partial charge in [-0.1, -0.05) is 5.16 Å². The maximum atomic E-state index is 13.4. The lowest BCUT2D eigenvalue weighted by Gasteiger charge is -2.31. The van der Waals surface area contributed by atoms with Crippen molar-refractivity contribution in [2.75, 3.05) is 18.0 Å². The molecule has 1 aliphatic heterocycles. The summed E-state index contributed by atoms with van der Waals surface area (Å²) in [6.45, 7) is 3.66. The molecule has 8 heteroatoms. The third kappa shape index (κ3) is 3.00. The Hall–Kier alpha value is -3.29. The van der Waals surface area contributed by atoms with Gasteiger partial charge in [0.05, 0.1) is 11.4 Å². The van der Waals surface area contributed by atoms with Crippen LogP contribution in [0.4, 0.5) is 10.2 Å². The molecule has 1 aliphatic rings. The van der Waals surface area contributed by atoms with E-state index in [1.54, 1.807) is 12.4 Å². The van der Waals surface area contributed by atoms with Gasteiger partial charge in [-0.25, -0.2) is 9.37 Å². The average Bonchev–Trinajstić information content (AvgIpc) is 3.34. The van der Waals surface area contributed by atoms with Crippen LogP contribution < -0.4 is 4.90 Å². The first kappa shape index (κ1) is 16.9. The van der Waals surface area contributed by atoms with Crippen molar-refractivity contribution in [3.8, 4) is 5.82 Å². The summed E-state index contributed by atoms with van der Waals surface area (Å²) >= 11 is 0. The van der Waals surface area contributed by atoms with E-state index in [0.717, 1.165) is 54.3 Å². The second-order valence-corrected chi connectivity index (χ2v) is 7.14. The number of fused-ring (bicyclic) bond motifs is 1. The van der Waals surface area contributed by atoms with Gasteiger partial charge in [-0.3, -0.25) is 4.57 Å². The largest absolute Gasteiger partial charge is 0.356 e. The Morgan fingerprint density at radius 2 is 1.86 bits per heavy atom. The van der Waals surface area contributed by atoms with Gasteiger partial charge >= 0.3 is 0 Å². The van der Waals surface area contributed by atoms with Crippen molar-refractivity contribution >= 4 is 16.8 Å². The Morgan fingerprint density at radius 1 is 1.07 bits per heavy atom. The van der Waals surface area contributed by atoms with Gasteiger partial charge in [-0.15, -0.1) is 10.2 Å². The molecule has 0 radical (unpaired) electrons. The summed E-state index contributed by atoms with van der Waals surface area (Å²) in [6.07, 6.45) is 5.52. The van der Waals surface area contributed by atoms with Crippen molar-refractivity contribution in [2.45, 2.75) is 25.7 Å². The summed E-state index contributed by atoms with van der Waals surface area (Å²) in [6, 6.07) is 8.54. The van der Waals surface area contributed by atoms with Crippen LogP contribution in [-0.2, 0) is 0 Å². The standard InChI is InChI=1S/C20H19FN6O/c1-13-11-27(12-22-13)19-5-4-18(23-24-19)26-8-6-14(7-9-26)20-16-3-2-15(21)10-17(16)28-25-20/h2-5,10-12,14H,6-9H2,1H3. The van der Waals surface area contributed by atoms with Crippen molar-refractivity contribution in [3.63, 3.8) is 0 Å². The van der Waals surface area contributed by atoms with E-state index in [4.69, 9.17) is 4.52 Å². The summed E-state index contributed by atoms with van der Waals surface area (Å²) in [5.74, 6) is 1.61. The molecule has 7 nitrogen and oxygen atoms in total. The molecule has 0 N–H and O–H groups in total. The number of piperidine rings is 1. The Balaban J connectivity index is 1.29. The van der Waals surface area contributed by atoms with Gasteiger partial charge in [0.25, 0.3) is 0 Å². The fourth-order valence-corrected chi connectivity index (χ4v) is 3.78. The minimum absolute atomic E-state index is 0.295. The lowest BCUT2D eigenvalue weighted by Crippen LogP contribution is -2.33. The van der Waals surface area contributed by atoms with E-state index >= 15 is 0 Å². The monoisotopic (exact) mass is 378 g/mol. The van der Waals surface area contributed by atoms with E-state index in [2.05, 4.69) is 25.2 Å². The Kier molecular flexibility index (Phi) is 4.03. The number of imidazole rings is 1. The maximum absolute atomic E-state index is 13.4. The van der Waals surface area contributed by atoms with Crippen molar-refractivity contribution in [1.29, 1.82) is 0 Å². The molecule has 5 rings (SSSR count). The van der Waals surface area contributed by atoms with E-state index < -0.39 is 0 Å². The fraction of sp³-hybridized carbons (Fsp3) is 0.300. The number of aryl methyl sites for hydroxylation is 1. The van der Waals surface area contributed by atoms with Crippen LogP contribution in [-0.4, -0.2) is 38.0 Å². The van der Waals surface area contributed by atoms with Crippen molar-refractivity contribution < 1.29 is 8.91 Å². The number of anilines is 1. The molecule has 0 amide bonds. The van der Waals surface area contributed by atoms with E-state index in [-0.39, 0.29) is 5.82 Å². The second-order valence-electron chi connectivity index (χ2n) is 7.14. The number of aromatic nitrogens is 5. The summed E-state index contributed by atoms with van der Waals surface area (Å²) < 4.78 is 20.5. The Labute approximate surface area is 160 Å². The minimum atomic E-state index is -0.308. The van der Waals surface area contributed by atoms with Gasteiger partial charge in [-0.05, 0) is 44.0 Å². The van der Waals surface area contributed by atoms with E-state index in [1.165, 1.54) is 12.1 Å². The molecular weight excluding hydrogens is 359 g/mol. The summed E-state index contributed by atoms with van der Waals surface area (Å²) in [5, 5.41) is 13.8. The highest BCUT2D eigenvalue weighted by molar-refractivity contribution is 5.80. The highest BCUT2D eigenvalue weighted by Crippen LogP contribution is 2.33. The molecular formula is C20H19FN6O. The normalized spacial score (nSPS) is 15.4. The molecule has 3 aromatic heterocycles. The zero-order valence-corrected chi connectivity index (χ0v) is 15.4. The number of halogens is 1. The van der Waals surface area contributed by atoms with Crippen LogP contribution in [0.3, 0.4) is 0 Å². The van der Waals surface area contributed by atoms with E-state index in [1.807, 2.05) is 29.8 Å². The number of rotatable bonds is 3. The Morgan fingerprint density at radius 3 is 2.57 bits per heavy atom. The number of benzene rings is 1. The SMILES string of the molecule is Cc1cn(-c2ccc(N3CCC(c4noc5cc(F)ccc45)CC3)nn2)cn1. The molecule has 4 heterocycles. The second kappa shape index (κ2) is 6.70. The van der Waals surface area contributed by atoms with Crippen LogP contribution in [0.15, 0.2) is 47.4 Å². The van der Waals surface area contributed by atoms with Crippen LogP contribution >= 0.6 is 0 Å². The number of hydrogen-bond donors (Lipinski definition) is 0. The summed E-state index contributed by atoms with van der Waals surface area (Å²) in [4.78, 5) is 6.45. The molecule has 1 fully saturated rings. The lowest BCUT2D eigenvalue weighted by molar-refractivity contribution is 0.415. The van der Waals surface area contributed by atoms with Gasteiger partial charge in [0.1, 0.15) is 12.1 Å². The third-order valence-electron chi connectivity index (χ3n) is 5.28. The molecule has 1 aromatic carbocycles. The molecule has 0 bridgehead atoms. The first-order chi connectivity index (χ1) is 13.7. The lowest BCUT2D eigenvalue weighted by atomic mass is 9.91. The summed E-state index contributed by atoms with van der Waals surface area (Å²) in [5.41, 5.74) is 2.37. The average molecular weight is 378 g/mol. The molecule has 0 atom stereocenters. The topological polar surface area (TPSA) is 72.9 Å². The molecule has 0 unspecified atom stereocenters. The quantitative estimate of drug-likeness (QED) is 0.542. The third-order valence-corrected chi connectivity index (χ3v) is 5.28. The molecule has 0 aliphatic carbocycles. The first-order valence-corrected chi connectivity index (χ1v) is 9.32. The smallest absolute Gasteiger partial charge is 0.170 e. The molecule has 4 aromatic rings. The number of hydrogen-bond acceptors (Lipinski definition) is 6. The van der Waals surface area contributed by atoms with E-state index in [0.29, 0.717) is 11.5 Å². The molecule has 1 saturated heterocycles. The van der Waals surface area contributed by atoms with Gasteiger partial charge in [0, 0.05) is 36.7 Å². The highest BCUT2D eigenvalue weighted by Gasteiger charge is 2.26. The molecule has 0 spiro atoms. The maximum Gasteiger partial charge on any atom is 0.170 e. The van der Waals surface area contributed by atoms with Crippen LogP contribution in [0, 0.1) is 12.7 Å². The number of nitrogens with zero attached hydrogens (tertiary/aromatic N) is 6. The first-order valence-electron chi connectivity index (χ1n) is 9.32. The van der Waals surface area contributed by atoms with Gasteiger partial charge in [0.2, 0.25) is 0 Å². The molecule has 0 saturated carbocycles. The van der Waals surface area contributed by atoms with Crippen LogP contribution in [0.2, 0.25) is 0 Å². The van der Waals surface area contributed by atoms with Crippen molar-refractivity contribution in [1.82, 2.24) is 24.9 Å². The predicted molar refractivity (Wildman–Crippen MR) is 102 cm³/mol. The minimum Gasteiger partial charge on any atom is -0.356 e. The van der Waals surface area contributed by atoms with Crippen LogP contribution in [0.5, 0.6) is 0 Å². The van der Waals surface area contributed by atoms with Crippen molar-refractivity contribution in [2.24, 2.45) is 0 Å². The van der Waals surface area contributed by atoms with Gasteiger partial charge < -0.3 is 9.42 Å². The summed E-state index contributed by atoms with van der Waals surface area (Å²) in [7, 11) is 0. The zero-order valence-electron chi connectivity index (χ0n) is 15.4. The van der Waals surface area contributed by atoms with Crippen LogP contribution in [0.1, 0.15) is 30.1 Å². The van der Waals surface area contributed by atoms with Crippen molar-refractivity contribution in [3.05, 3.63) is 60.1 Å². The van der Waals surface area contributed by atoms with Crippen LogP contribution in [0.25, 0.3) is 16.8 Å². The van der Waals surface area contributed by atoms with E-state index in [9.17, 15) is 4.39 Å². The highest BCUT2D eigenvalue weighted by atomic mass is 19.1. The molecule has 142 valence electrons. The van der Waals surface area contributed by atoms with Gasteiger partial charge in [-0.2, -0.15) is 0 Å². The zero-order chi connectivity index (χ0) is 19.1.